The average Bonchev–Trinajstić information content (AvgIpc) is 3.20. The van der Waals surface area contributed by atoms with Crippen LogP contribution in [-0.4, -0.2) is 43.7 Å². The molecule has 1 aromatic heterocycles. The van der Waals surface area contributed by atoms with Gasteiger partial charge < -0.3 is 4.90 Å². The lowest BCUT2D eigenvalue weighted by atomic mass is 9.93. The van der Waals surface area contributed by atoms with Crippen LogP contribution in [-0.2, 0) is 21.5 Å². The second-order valence-corrected chi connectivity index (χ2v) is 8.04. The highest BCUT2D eigenvalue weighted by atomic mass is 16.2. The maximum absolute atomic E-state index is 12.7. The molecule has 4 rings (SSSR count). The molecule has 0 aliphatic carbocycles. The number of hydrogen-bond acceptors (Lipinski definition) is 5. The molecule has 1 aromatic carbocycles. The lowest BCUT2D eigenvalue weighted by molar-refractivity contribution is -0.136. The van der Waals surface area contributed by atoms with Gasteiger partial charge in [-0.25, -0.2) is 4.68 Å². The molecule has 2 aliphatic rings. The van der Waals surface area contributed by atoms with Gasteiger partial charge in [0, 0.05) is 23.9 Å². The van der Waals surface area contributed by atoms with Crippen molar-refractivity contribution in [2.75, 3.05) is 0 Å². The Morgan fingerprint density at radius 2 is 1.96 bits per heavy atom. The first-order valence-electron chi connectivity index (χ1n) is 8.95. The minimum Gasteiger partial charge on any atom is -0.322 e. The van der Waals surface area contributed by atoms with Gasteiger partial charge in [0.1, 0.15) is 6.04 Å². The van der Waals surface area contributed by atoms with Crippen molar-refractivity contribution in [1.82, 2.24) is 25.2 Å². The van der Waals surface area contributed by atoms with E-state index in [2.05, 4.69) is 36.4 Å². The maximum Gasteiger partial charge on any atom is 0.255 e. The molecule has 1 unspecified atom stereocenters. The summed E-state index contributed by atoms with van der Waals surface area (Å²) in [5.41, 5.74) is 3.02. The predicted octanol–water partition coefficient (Wildman–Crippen LogP) is 1.33. The molecule has 8 heteroatoms. The molecule has 2 aliphatic heterocycles. The minimum absolute atomic E-state index is 0.104. The Morgan fingerprint density at radius 1 is 1.19 bits per heavy atom. The summed E-state index contributed by atoms with van der Waals surface area (Å²) >= 11 is 0. The van der Waals surface area contributed by atoms with Gasteiger partial charge >= 0.3 is 0 Å². The van der Waals surface area contributed by atoms with Gasteiger partial charge in [-0.15, -0.1) is 5.10 Å². The van der Waals surface area contributed by atoms with Crippen LogP contribution in [0.1, 0.15) is 55.2 Å². The monoisotopic (exact) mass is 367 g/mol. The van der Waals surface area contributed by atoms with E-state index in [-0.39, 0.29) is 23.7 Å². The molecular formula is C19H21N5O3. The van der Waals surface area contributed by atoms with Crippen LogP contribution in [0.25, 0.3) is 5.69 Å². The second-order valence-electron chi connectivity index (χ2n) is 8.04. The molecule has 1 atom stereocenters. The van der Waals surface area contributed by atoms with E-state index in [4.69, 9.17) is 0 Å². The zero-order chi connectivity index (χ0) is 19.3. The molecule has 8 nitrogen and oxygen atoms in total. The summed E-state index contributed by atoms with van der Waals surface area (Å²) in [6.45, 7) is 6.55. The molecular weight excluding hydrogens is 346 g/mol. The summed E-state index contributed by atoms with van der Waals surface area (Å²) in [5.74, 6) is -0.873. The first kappa shape index (κ1) is 17.4. The zero-order valence-corrected chi connectivity index (χ0v) is 15.5. The van der Waals surface area contributed by atoms with Crippen molar-refractivity contribution in [1.29, 1.82) is 0 Å². The number of benzene rings is 1. The number of nitrogens with zero attached hydrogens (tertiary/aromatic N) is 4. The fraction of sp³-hybridized carbons (Fsp3) is 0.421. The molecule has 0 radical (unpaired) electrons. The van der Waals surface area contributed by atoms with E-state index in [0.717, 1.165) is 16.9 Å². The highest BCUT2D eigenvalue weighted by Crippen LogP contribution is 2.29. The zero-order valence-electron chi connectivity index (χ0n) is 15.5. The maximum atomic E-state index is 12.7. The summed E-state index contributed by atoms with van der Waals surface area (Å²) in [5, 5.41) is 10.7. The molecule has 27 heavy (non-hydrogen) atoms. The molecule has 3 heterocycles. The first-order chi connectivity index (χ1) is 12.7. The Balaban J connectivity index is 1.60. The smallest absolute Gasteiger partial charge is 0.255 e. The number of carbonyl (C=O) groups excluding carboxylic acids is 3. The fourth-order valence-corrected chi connectivity index (χ4v) is 3.44. The van der Waals surface area contributed by atoms with Gasteiger partial charge in [-0.2, -0.15) is 0 Å². The van der Waals surface area contributed by atoms with E-state index in [9.17, 15) is 14.4 Å². The molecule has 2 aromatic rings. The van der Waals surface area contributed by atoms with E-state index < -0.39 is 11.9 Å². The summed E-state index contributed by atoms with van der Waals surface area (Å²) in [6, 6.07) is 4.88. The number of piperidine rings is 1. The van der Waals surface area contributed by atoms with Crippen LogP contribution >= 0.6 is 0 Å². The van der Waals surface area contributed by atoms with Crippen molar-refractivity contribution < 1.29 is 14.4 Å². The molecule has 3 amide bonds. The molecule has 140 valence electrons. The van der Waals surface area contributed by atoms with Gasteiger partial charge in [0.25, 0.3) is 5.91 Å². The summed E-state index contributed by atoms with van der Waals surface area (Å²) in [6.07, 6.45) is 2.49. The lowest BCUT2D eigenvalue weighted by Gasteiger charge is -2.29. The number of amides is 3. The van der Waals surface area contributed by atoms with Gasteiger partial charge in [0.2, 0.25) is 11.8 Å². The van der Waals surface area contributed by atoms with Crippen LogP contribution in [0.5, 0.6) is 0 Å². The third-order valence-corrected chi connectivity index (χ3v) is 5.03. The van der Waals surface area contributed by atoms with Crippen molar-refractivity contribution in [3.63, 3.8) is 0 Å². The van der Waals surface area contributed by atoms with E-state index in [1.54, 1.807) is 10.7 Å². The topological polar surface area (TPSA) is 97.2 Å². The van der Waals surface area contributed by atoms with Crippen molar-refractivity contribution in [2.45, 2.75) is 51.6 Å². The minimum atomic E-state index is -0.607. The normalized spacial score (nSPS) is 20.0. The number of carbonyl (C=O) groups is 3. The number of fused-ring (bicyclic) bond motifs is 1. The summed E-state index contributed by atoms with van der Waals surface area (Å²) < 4.78 is 1.69. The van der Waals surface area contributed by atoms with Crippen molar-refractivity contribution in [2.24, 2.45) is 0 Å². The first-order valence-corrected chi connectivity index (χ1v) is 8.95. The van der Waals surface area contributed by atoms with Crippen molar-refractivity contribution in [3.05, 3.63) is 41.2 Å². The Bertz CT molecular complexity index is 956. The van der Waals surface area contributed by atoms with Gasteiger partial charge in [-0.05, 0) is 30.2 Å². The molecule has 1 fully saturated rings. The second kappa shape index (κ2) is 6.00. The van der Waals surface area contributed by atoms with Crippen LogP contribution < -0.4 is 5.32 Å². The number of rotatable bonds is 2. The SMILES string of the molecule is CC(C)(C)c1cn(-c2ccc3c(c2)CN(C2CCC(=O)NC2=O)C3=O)nn1. The fourth-order valence-electron chi connectivity index (χ4n) is 3.44. The largest absolute Gasteiger partial charge is 0.322 e. The Morgan fingerprint density at radius 3 is 2.63 bits per heavy atom. The van der Waals surface area contributed by atoms with Crippen molar-refractivity contribution >= 4 is 17.7 Å². The van der Waals surface area contributed by atoms with Crippen LogP contribution in [0.3, 0.4) is 0 Å². The number of imide groups is 1. The highest BCUT2D eigenvalue weighted by molar-refractivity contribution is 6.05. The molecule has 0 spiro atoms. The van der Waals surface area contributed by atoms with Gasteiger partial charge in [0.15, 0.2) is 0 Å². The van der Waals surface area contributed by atoms with Gasteiger partial charge in [-0.1, -0.05) is 26.0 Å². The summed E-state index contributed by atoms with van der Waals surface area (Å²) in [4.78, 5) is 37.8. The Kier molecular flexibility index (Phi) is 3.87. The standard InChI is InChI=1S/C19H21N5O3/c1-19(2,3)15-10-24(22-21-15)12-4-5-13-11(8-12)9-23(18(13)27)14-6-7-16(25)20-17(14)26/h4-5,8,10,14H,6-7,9H2,1-3H3,(H,20,25,26). The van der Waals surface area contributed by atoms with Crippen LogP contribution in [0.15, 0.2) is 24.4 Å². The van der Waals surface area contributed by atoms with E-state index >= 15 is 0 Å². The molecule has 1 saturated heterocycles. The number of hydrogen-bond donors (Lipinski definition) is 1. The Labute approximate surface area is 156 Å². The summed E-state index contributed by atoms with van der Waals surface area (Å²) in [7, 11) is 0. The lowest BCUT2D eigenvalue weighted by Crippen LogP contribution is -2.52. The third-order valence-electron chi connectivity index (χ3n) is 5.03. The molecule has 0 saturated carbocycles. The average molecular weight is 367 g/mol. The Hall–Kier alpha value is -3.03. The van der Waals surface area contributed by atoms with Gasteiger partial charge in [0.05, 0.1) is 17.6 Å². The quantitative estimate of drug-likeness (QED) is 0.808. The van der Waals surface area contributed by atoms with E-state index in [1.807, 2.05) is 18.3 Å². The van der Waals surface area contributed by atoms with E-state index in [0.29, 0.717) is 18.5 Å². The highest BCUT2D eigenvalue weighted by Gasteiger charge is 2.39. The predicted molar refractivity (Wildman–Crippen MR) is 96.1 cm³/mol. The van der Waals surface area contributed by atoms with Gasteiger partial charge in [-0.3, -0.25) is 19.7 Å². The van der Waals surface area contributed by atoms with Crippen LogP contribution in [0.2, 0.25) is 0 Å². The van der Waals surface area contributed by atoms with E-state index in [1.165, 1.54) is 4.90 Å². The molecule has 0 bridgehead atoms. The van der Waals surface area contributed by atoms with Crippen molar-refractivity contribution in [3.8, 4) is 5.69 Å². The number of nitrogens with one attached hydrogen (secondary N) is 1. The number of aromatic nitrogens is 3. The third kappa shape index (κ3) is 3.01. The van der Waals surface area contributed by atoms with Crippen LogP contribution in [0, 0.1) is 0 Å². The molecule has 1 N–H and O–H groups in total. The van der Waals surface area contributed by atoms with Crippen LogP contribution in [0.4, 0.5) is 0 Å².